The summed E-state index contributed by atoms with van der Waals surface area (Å²) < 4.78 is 5.19. The van der Waals surface area contributed by atoms with Crippen molar-refractivity contribution in [3.8, 4) is 39.1 Å². The van der Waals surface area contributed by atoms with Crippen LogP contribution in [-0.2, 0) is 0 Å². The maximum Gasteiger partial charge on any atom is 0.179 e. The van der Waals surface area contributed by atoms with E-state index in [9.17, 15) is 0 Å². The molecule has 0 N–H and O–H groups in total. The van der Waals surface area contributed by atoms with Crippen molar-refractivity contribution in [2.75, 3.05) is 0 Å². The highest BCUT2D eigenvalue weighted by Gasteiger charge is 2.42. The highest BCUT2D eigenvalue weighted by Crippen LogP contribution is 2.44. The van der Waals surface area contributed by atoms with Gasteiger partial charge in [0.05, 0.1) is 16.7 Å². The minimum absolute atomic E-state index is 1.18. The average molecular weight is 836 g/mol. The molecule has 0 atom stereocenters. The van der Waals surface area contributed by atoms with Gasteiger partial charge in [-0.05, 0) is 73.3 Å². The third kappa shape index (κ3) is 6.04. The predicted octanol–water partition coefficient (Wildman–Crippen LogP) is 13.5. The molecule has 0 amide bonds. The van der Waals surface area contributed by atoms with Crippen LogP contribution in [0.2, 0.25) is 0 Å². The molecule has 0 saturated carbocycles. The quantitative estimate of drug-likeness (QED) is 0.106. The van der Waals surface area contributed by atoms with Crippen molar-refractivity contribution in [2.45, 2.75) is 0 Å². The van der Waals surface area contributed by atoms with Crippen molar-refractivity contribution in [3.63, 3.8) is 0 Å². The molecule has 12 aromatic rings. The summed E-state index contributed by atoms with van der Waals surface area (Å²) in [6.45, 7) is 0. The molecule has 0 aliphatic carbocycles. The molecule has 0 saturated heterocycles. The lowest BCUT2D eigenvalue weighted by molar-refractivity contribution is 1.18. The fraction of sp³-hybridized carbons (Fsp3) is 0. The molecule has 1 nitrogen and oxygen atoms in total. The second kappa shape index (κ2) is 15.4. The Hall–Kier alpha value is -7.56. The zero-order valence-corrected chi connectivity index (χ0v) is 36.3. The lowest BCUT2D eigenvalue weighted by Crippen LogP contribution is -2.74. The van der Waals surface area contributed by atoms with Crippen molar-refractivity contribution >= 4 is 82.1 Å². The van der Waals surface area contributed by atoms with E-state index in [-0.39, 0.29) is 0 Å². The second-order valence-corrected chi connectivity index (χ2v) is 21.3. The molecule has 12 rings (SSSR count). The average Bonchev–Trinajstić information content (AvgIpc) is 3.91. The minimum Gasteiger partial charge on any atom is -0.308 e. The van der Waals surface area contributed by atoms with Gasteiger partial charge in [-0.1, -0.05) is 218 Å². The van der Waals surface area contributed by atoms with Crippen LogP contribution in [0.4, 0.5) is 0 Å². The van der Waals surface area contributed by atoms with Crippen LogP contribution in [0.3, 0.4) is 0 Å². The molecule has 0 bridgehead atoms. The van der Waals surface area contributed by atoms with Gasteiger partial charge in [0.1, 0.15) is 0 Å². The van der Waals surface area contributed by atoms with Crippen molar-refractivity contribution in [2.24, 2.45) is 0 Å². The highest BCUT2D eigenvalue weighted by molar-refractivity contribution is 7.26. The molecule has 2 heterocycles. The van der Waals surface area contributed by atoms with E-state index in [0.29, 0.717) is 0 Å². The highest BCUT2D eigenvalue weighted by atomic mass is 32.1. The monoisotopic (exact) mass is 835 g/mol. The first-order valence-electron chi connectivity index (χ1n) is 21.7. The summed E-state index contributed by atoms with van der Waals surface area (Å²) in [5.74, 6) is 0. The standard InChI is InChI=1S/C60H41NSSi/c1-6-21-42(22-7-1)52-40-48(63(45-25-10-3-11-26-45,46-27-12-4-13-28-46)47-29-14-5-15-30-47)41-53(43-23-8-2-9-24-43)60(52)61-55-34-18-16-31-50(55)54-39-44(37-38-56(54)61)49-33-20-36-58-59(49)51-32-17-19-35-57(51)62-58/h1-41H. The van der Waals surface area contributed by atoms with E-state index < -0.39 is 8.07 Å². The molecule has 0 radical (unpaired) electrons. The molecule has 3 heteroatoms. The Kier molecular flexibility index (Phi) is 9.10. The van der Waals surface area contributed by atoms with Crippen LogP contribution in [0.1, 0.15) is 0 Å². The first kappa shape index (κ1) is 37.2. The van der Waals surface area contributed by atoms with Crippen LogP contribution in [0, 0.1) is 0 Å². The van der Waals surface area contributed by atoms with Crippen molar-refractivity contribution in [3.05, 3.63) is 249 Å². The van der Waals surface area contributed by atoms with E-state index in [0.717, 1.165) is 0 Å². The fourth-order valence-corrected chi connectivity index (χ4v) is 16.2. The number of fused-ring (bicyclic) bond motifs is 6. The van der Waals surface area contributed by atoms with E-state index >= 15 is 0 Å². The number of hydrogen-bond donors (Lipinski definition) is 0. The third-order valence-corrected chi connectivity index (χ3v) is 18.8. The van der Waals surface area contributed by atoms with Crippen LogP contribution >= 0.6 is 11.3 Å². The Morgan fingerprint density at radius 3 is 1.37 bits per heavy atom. The maximum atomic E-state index is 2.56. The minimum atomic E-state index is -2.93. The summed E-state index contributed by atoms with van der Waals surface area (Å²) >= 11 is 1.87. The molecular weight excluding hydrogens is 795 g/mol. The summed E-state index contributed by atoms with van der Waals surface area (Å²) in [5.41, 5.74) is 10.8. The molecule has 63 heavy (non-hydrogen) atoms. The Morgan fingerprint density at radius 1 is 0.302 bits per heavy atom. The van der Waals surface area contributed by atoms with Crippen LogP contribution in [0.5, 0.6) is 0 Å². The van der Waals surface area contributed by atoms with Gasteiger partial charge in [0, 0.05) is 42.1 Å². The summed E-state index contributed by atoms with van der Waals surface area (Å²) in [5, 5.41) is 10.5. The van der Waals surface area contributed by atoms with Crippen molar-refractivity contribution in [1.29, 1.82) is 0 Å². The lowest BCUT2D eigenvalue weighted by Gasteiger charge is -2.36. The van der Waals surface area contributed by atoms with Gasteiger partial charge in [-0.15, -0.1) is 11.3 Å². The molecular formula is C60H41NSSi. The normalized spacial score (nSPS) is 11.8. The van der Waals surface area contributed by atoms with Gasteiger partial charge < -0.3 is 4.57 Å². The van der Waals surface area contributed by atoms with Crippen LogP contribution < -0.4 is 20.7 Å². The smallest absolute Gasteiger partial charge is 0.179 e. The summed E-state index contributed by atoms with van der Waals surface area (Å²) in [6, 6.07) is 92.7. The van der Waals surface area contributed by atoms with Gasteiger partial charge in [-0.3, -0.25) is 0 Å². The lowest BCUT2D eigenvalue weighted by atomic mass is 9.95. The molecule has 0 spiro atoms. The number of para-hydroxylation sites is 1. The Bertz CT molecular complexity index is 3440. The van der Waals surface area contributed by atoms with Gasteiger partial charge in [0.15, 0.2) is 8.07 Å². The maximum absolute atomic E-state index is 2.93. The van der Waals surface area contributed by atoms with Crippen LogP contribution in [0.15, 0.2) is 249 Å². The largest absolute Gasteiger partial charge is 0.308 e. The molecule has 10 aromatic carbocycles. The molecule has 0 aliphatic rings. The number of rotatable bonds is 8. The van der Waals surface area contributed by atoms with Crippen LogP contribution in [0.25, 0.3) is 81.0 Å². The van der Waals surface area contributed by atoms with Gasteiger partial charge in [-0.25, -0.2) is 0 Å². The van der Waals surface area contributed by atoms with Gasteiger partial charge in [0.25, 0.3) is 0 Å². The van der Waals surface area contributed by atoms with Gasteiger partial charge in [-0.2, -0.15) is 0 Å². The Morgan fingerprint density at radius 2 is 0.778 bits per heavy atom. The molecule has 2 aromatic heterocycles. The molecule has 0 aliphatic heterocycles. The number of nitrogens with zero attached hydrogens (tertiary/aromatic N) is 1. The predicted molar refractivity (Wildman–Crippen MR) is 274 cm³/mol. The first-order chi connectivity index (χ1) is 31.3. The molecule has 0 unspecified atom stereocenters. The number of benzene rings is 10. The summed E-state index contributed by atoms with van der Waals surface area (Å²) in [7, 11) is -2.93. The summed E-state index contributed by atoms with van der Waals surface area (Å²) in [4.78, 5) is 0. The van der Waals surface area contributed by atoms with E-state index in [1.54, 1.807) is 0 Å². The SMILES string of the molecule is c1ccc(-c2cc([Si](c3ccccc3)(c3ccccc3)c3ccccc3)cc(-c3ccccc3)c2-n2c3ccccc3c3cc(-c4cccc5sc6ccccc6c45)ccc32)cc1. The van der Waals surface area contributed by atoms with Crippen molar-refractivity contribution in [1.82, 2.24) is 4.57 Å². The van der Waals surface area contributed by atoms with Crippen molar-refractivity contribution < 1.29 is 0 Å². The summed E-state index contributed by atoms with van der Waals surface area (Å²) in [6.07, 6.45) is 0. The fourth-order valence-electron chi connectivity index (χ4n) is 10.2. The van der Waals surface area contributed by atoms with E-state index in [4.69, 9.17) is 0 Å². The van der Waals surface area contributed by atoms with E-state index in [1.807, 2.05) is 11.3 Å². The number of hydrogen-bond acceptors (Lipinski definition) is 1. The second-order valence-electron chi connectivity index (χ2n) is 16.4. The zero-order valence-electron chi connectivity index (χ0n) is 34.5. The first-order valence-corrected chi connectivity index (χ1v) is 24.5. The van der Waals surface area contributed by atoms with Gasteiger partial charge in [0.2, 0.25) is 0 Å². The zero-order chi connectivity index (χ0) is 41.7. The van der Waals surface area contributed by atoms with E-state index in [1.165, 1.54) is 102 Å². The van der Waals surface area contributed by atoms with E-state index in [2.05, 4.69) is 253 Å². The molecule has 0 fully saturated rings. The van der Waals surface area contributed by atoms with Gasteiger partial charge >= 0.3 is 0 Å². The third-order valence-electron chi connectivity index (χ3n) is 12.9. The number of thiophene rings is 1. The Balaban J connectivity index is 1.21. The number of aromatic nitrogens is 1. The Labute approximate surface area is 372 Å². The topological polar surface area (TPSA) is 4.93 Å². The van der Waals surface area contributed by atoms with Crippen LogP contribution in [-0.4, -0.2) is 12.6 Å². The molecule has 296 valence electrons.